The third-order valence-corrected chi connectivity index (χ3v) is 5.30. The number of nitrogens with one attached hydrogen (secondary N) is 1. The van der Waals surface area contributed by atoms with Crippen LogP contribution in [0.5, 0.6) is 5.75 Å². The maximum Gasteiger partial charge on any atom is 0.261 e. The Kier molecular flexibility index (Phi) is 7.35. The van der Waals surface area contributed by atoms with Crippen molar-refractivity contribution in [1.29, 1.82) is 0 Å². The number of pyridine rings is 1. The number of benzene rings is 1. The maximum atomic E-state index is 12.7. The molecule has 2 bridgehead atoms. The zero-order chi connectivity index (χ0) is 16.5. The van der Waals surface area contributed by atoms with Crippen LogP contribution in [0.1, 0.15) is 19.3 Å². The number of halogens is 3. The number of carbonyl (C=O) groups is 1. The van der Waals surface area contributed by atoms with Crippen LogP contribution in [-0.4, -0.2) is 47.6 Å². The van der Waals surface area contributed by atoms with Crippen LogP contribution in [0.2, 0.25) is 5.02 Å². The smallest absolute Gasteiger partial charge is 0.261 e. The van der Waals surface area contributed by atoms with E-state index in [1.54, 1.807) is 18.3 Å². The lowest BCUT2D eigenvalue weighted by Gasteiger charge is -2.27. The predicted molar refractivity (Wildman–Crippen MR) is 108 cm³/mol. The lowest BCUT2D eigenvalue weighted by Crippen LogP contribution is -2.44. The molecule has 142 valence electrons. The number of rotatable bonds is 3. The fourth-order valence-electron chi connectivity index (χ4n) is 3.83. The molecule has 5 nitrogen and oxygen atoms in total. The van der Waals surface area contributed by atoms with Gasteiger partial charge in [0.15, 0.2) is 6.61 Å². The number of hydrogen-bond donors (Lipinski definition) is 1. The minimum atomic E-state index is 0. The summed E-state index contributed by atoms with van der Waals surface area (Å²) in [4.78, 5) is 19.1. The summed E-state index contributed by atoms with van der Waals surface area (Å²) in [5.41, 5.74) is 0.693. The van der Waals surface area contributed by atoms with E-state index in [0.29, 0.717) is 28.4 Å². The van der Waals surface area contributed by atoms with E-state index in [0.717, 1.165) is 37.7 Å². The van der Waals surface area contributed by atoms with E-state index < -0.39 is 0 Å². The van der Waals surface area contributed by atoms with Crippen LogP contribution in [0.3, 0.4) is 0 Å². The summed E-state index contributed by atoms with van der Waals surface area (Å²) >= 11 is 6.20. The van der Waals surface area contributed by atoms with Crippen LogP contribution < -0.4 is 10.1 Å². The fraction of sp³-hybridized carbons (Fsp3) is 0.444. The molecule has 2 atom stereocenters. The summed E-state index contributed by atoms with van der Waals surface area (Å²) in [6.07, 6.45) is 4.90. The zero-order valence-corrected chi connectivity index (χ0v) is 16.6. The maximum absolute atomic E-state index is 12.7. The van der Waals surface area contributed by atoms with Crippen LogP contribution in [0.4, 0.5) is 0 Å². The Morgan fingerprint density at radius 3 is 2.88 bits per heavy atom. The number of aromatic nitrogens is 1. The van der Waals surface area contributed by atoms with Gasteiger partial charge in [0.2, 0.25) is 0 Å². The molecule has 1 aromatic heterocycles. The van der Waals surface area contributed by atoms with Crippen molar-refractivity contribution in [3.05, 3.63) is 35.5 Å². The van der Waals surface area contributed by atoms with Gasteiger partial charge >= 0.3 is 0 Å². The largest absolute Gasteiger partial charge is 0.481 e. The van der Waals surface area contributed by atoms with Gasteiger partial charge in [-0.05, 0) is 50.1 Å². The van der Waals surface area contributed by atoms with Gasteiger partial charge in [-0.1, -0.05) is 11.6 Å². The van der Waals surface area contributed by atoms with Crippen molar-refractivity contribution in [1.82, 2.24) is 15.2 Å². The van der Waals surface area contributed by atoms with Crippen LogP contribution in [-0.2, 0) is 4.79 Å². The van der Waals surface area contributed by atoms with Crippen LogP contribution in [0.15, 0.2) is 30.5 Å². The van der Waals surface area contributed by atoms with Crippen LogP contribution in [0, 0.1) is 0 Å². The minimum absolute atomic E-state index is 0. The first-order valence-electron chi connectivity index (χ1n) is 8.42. The van der Waals surface area contributed by atoms with E-state index in [4.69, 9.17) is 16.3 Å². The molecule has 0 radical (unpaired) electrons. The molecule has 1 amide bonds. The standard InChI is InChI=1S/C18H20ClN3O2.2ClH/c19-15-5-6-16(18-14(15)2-1-8-21-18)24-11-17(23)22-12-3-4-13(22)10-20-9-7-12;;/h1-2,5-6,8,12-13,20H,3-4,7,9-11H2;2*1H. The number of fused-ring (bicyclic) bond motifs is 3. The molecular weight excluding hydrogens is 397 g/mol. The van der Waals surface area contributed by atoms with E-state index in [-0.39, 0.29) is 37.3 Å². The topological polar surface area (TPSA) is 54.5 Å². The zero-order valence-electron chi connectivity index (χ0n) is 14.2. The number of hydrogen-bond acceptors (Lipinski definition) is 4. The van der Waals surface area contributed by atoms with E-state index in [1.165, 1.54) is 0 Å². The Balaban J connectivity index is 0.00000121. The van der Waals surface area contributed by atoms with Gasteiger partial charge < -0.3 is 15.0 Å². The predicted octanol–water partition coefficient (Wildman–Crippen LogP) is 3.46. The number of nitrogens with zero attached hydrogens (tertiary/aromatic N) is 2. The lowest BCUT2D eigenvalue weighted by molar-refractivity contribution is -0.135. The first-order valence-corrected chi connectivity index (χ1v) is 8.80. The van der Waals surface area contributed by atoms with Gasteiger partial charge in [-0.15, -0.1) is 24.8 Å². The van der Waals surface area contributed by atoms with Crippen molar-refractivity contribution in [2.75, 3.05) is 19.7 Å². The first kappa shape index (κ1) is 21.0. The lowest BCUT2D eigenvalue weighted by atomic mass is 10.1. The van der Waals surface area contributed by atoms with Crippen molar-refractivity contribution < 1.29 is 9.53 Å². The number of ether oxygens (including phenoxy) is 1. The average Bonchev–Trinajstić information content (AvgIpc) is 2.87. The Hall–Kier alpha value is -1.27. The number of carbonyl (C=O) groups excluding carboxylic acids is 1. The molecular formula is C18H22Cl3N3O2. The van der Waals surface area contributed by atoms with Gasteiger partial charge in [0.25, 0.3) is 5.91 Å². The molecule has 8 heteroatoms. The van der Waals surface area contributed by atoms with Crippen LogP contribution in [0.25, 0.3) is 10.9 Å². The molecule has 26 heavy (non-hydrogen) atoms. The molecule has 4 rings (SSSR count). The van der Waals surface area contributed by atoms with Crippen molar-refractivity contribution in [2.45, 2.75) is 31.3 Å². The molecule has 2 aliphatic heterocycles. The highest BCUT2D eigenvalue weighted by Crippen LogP contribution is 2.31. The Labute approximate surface area is 170 Å². The highest BCUT2D eigenvalue weighted by Gasteiger charge is 2.37. The molecule has 0 aliphatic carbocycles. The minimum Gasteiger partial charge on any atom is -0.481 e. The Bertz CT molecular complexity index is 760. The van der Waals surface area contributed by atoms with Crippen molar-refractivity contribution in [3.8, 4) is 5.75 Å². The molecule has 2 unspecified atom stereocenters. The third-order valence-electron chi connectivity index (χ3n) is 4.97. The first-order chi connectivity index (χ1) is 11.7. The molecule has 0 spiro atoms. The van der Waals surface area contributed by atoms with Gasteiger partial charge in [-0.2, -0.15) is 0 Å². The Morgan fingerprint density at radius 2 is 2.04 bits per heavy atom. The van der Waals surface area contributed by atoms with Crippen LogP contribution >= 0.6 is 36.4 Å². The summed E-state index contributed by atoms with van der Waals surface area (Å²) < 4.78 is 5.82. The molecule has 1 aromatic carbocycles. The van der Waals surface area contributed by atoms with Gasteiger partial charge in [-0.3, -0.25) is 9.78 Å². The van der Waals surface area contributed by atoms with Crippen molar-refractivity contribution in [3.63, 3.8) is 0 Å². The van der Waals surface area contributed by atoms with Gasteiger partial charge in [0, 0.05) is 30.2 Å². The second-order valence-electron chi connectivity index (χ2n) is 6.41. The summed E-state index contributed by atoms with van der Waals surface area (Å²) in [7, 11) is 0. The van der Waals surface area contributed by atoms with Crippen molar-refractivity contribution in [2.24, 2.45) is 0 Å². The molecule has 0 saturated carbocycles. The normalized spacial score (nSPS) is 21.5. The fourth-order valence-corrected chi connectivity index (χ4v) is 4.05. The molecule has 2 fully saturated rings. The quantitative estimate of drug-likeness (QED) is 0.829. The summed E-state index contributed by atoms with van der Waals surface area (Å²) in [5, 5.41) is 4.88. The highest BCUT2D eigenvalue weighted by molar-refractivity contribution is 6.35. The van der Waals surface area contributed by atoms with E-state index in [1.807, 2.05) is 17.0 Å². The monoisotopic (exact) mass is 417 g/mol. The third kappa shape index (κ3) is 4.01. The second-order valence-corrected chi connectivity index (χ2v) is 6.82. The Morgan fingerprint density at radius 1 is 1.23 bits per heavy atom. The van der Waals surface area contributed by atoms with E-state index >= 15 is 0 Å². The molecule has 2 aliphatic rings. The molecule has 2 aromatic rings. The highest BCUT2D eigenvalue weighted by atomic mass is 35.5. The van der Waals surface area contributed by atoms with Crippen molar-refractivity contribution >= 4 is 53.2 Å². The SMILES string of the molecule is Cl.Cl.O=C(COc1ccc(Cl)c2cccnc12)N1C2CCNCC1CC2. The average molecular weight is 419 g/mol. The summed E-state index contributed by atoms with van der Waals surface area (Å²) in [6, 6.07) is 7.95. The molecule has 3 heterocycles. The van der Waals surface area contributed by atoms with Gasteiger partial charge in [0.05, 0.1) is 5.02 Å². The van der Waals surface area contributed by atoms with Gasteiger partial charge in [-0.25, -0.2) is 0 Å². The van der Waals surface area contributed by atoms with E-state index in [2.05, 4.69) is 10.3 Å². The summed E-state index contributed by atoms with van der Waals surface area (Å²) in [6.45, 7) is 1.91. The summed E-state index contributed by atoms with van der Waals surface area (Å²) in [5.74, 6) is 0.661. The second kappa shape index (κ2) is 9.09. The van der Waals surface area contributed by atoms with E-state index in [9.17, 15) is 4.79 Å². The molecule has 1 N–H and O–H groups in total. The van der Waals surface area contributed by atoms with Gasteiger partial charge in [0.1, 0.15) is 11.3 Å². The molecule has 2 saturated heterocycles. The number of amides is 1.